The molecule has 0 aliphatic carbocycles. The van der Waals surface area contributed by atoms with Crippen LogP contribution in [0.25, 0.3) is 0 Å². The topological polar surface area (TPSA) is 117 Å². The van der Waals surface area contributed by atoms with Crippen molar-refractivity contribution in [3.63, 3.8) is 0 Å². The van der Waals surface area contributed by atoms with Crippen molar-refractivity contribution in [3.05, 3.63) is 59.2 Å². The van der Waals surface area contributed by atoms with Crippen LogP contribution in [-0.2, 0) is 14.8 Å². The standard InChI is InChI=1S/C27H33BrF3N5O4S/c1-40-23-12-9-21(34-25(37)13-14-33-26(32)27(29,30)31)19-24(23)41(38,39)36(22-10-7-20(28)8-11-22)18-4-2-3-15-35-16-5-6-17-35/h7-14,19H,2-6,15-18H2,1H3,(H2,32,33)(H,34,37)/b14-13+. The number of ether oxygens (including phenoxy) is 1. The molecule has 1 heterocycles. The summed E-state index contributed by atoms with van der Waals surface area (Å²) in [5.74, 6) is -2.37. The Bertz CT molecular complexity index is 1350. The monoisotopic (exact) mass is 659 g/mol. The van der Waals surface area contributed by atoms with Crippen molar-refractivity contribution in [3.8, 4) is 5.75 Å². The molecule has 0 radical (unpaired) electrons. The summed E-state index contributed by atoms with van der Waals surface area (Å²) in [5.41, 5.74) is 5.36. The minimum Gasteiger partial charge on any atom is -0.495 e. The SMILES string of the molecule is COc1ccc(NC(=O)/C=C/N=C(N)C(F)(F)F)cc1S(=O)(=O)N(CCCCCN1CCCC1)c1ccc(Br)cc1. The van der Waals surface area contributed by atoms with Crippen LogP contribution in [0.5, 0.6) is 5.75 Å². The Morgan fingerprint density at radius 2 is 1.83 bits per heavy atom. The number of hydrogen-bond donors (Lipinski definition) is 2. The summed E-state index contributed by atoms with van der Waals surface area (Å²) in [5, 5.41) is 2.42. The van der Waals surface area contributed by atoms with Gasteiger partial charge < -0.3 is 20.7 Å². The van der Waals surface area contributed by atoms with Crippen molar-refractivity contribution in [2.75, 3.05) is 42.9 Å². The number of unbranched alkanes of at least 4 members (excludes halogenated alkanes) is 2. The molecule has 9 nitrogen and oxygen atoms in total. The first-order valence-corrected chi connectivity index (χ1v) is 15.2. The van der Waals surface area contributed by atoms with E-state index in [1.165, 1.54) is 42.5 Å². The number of anilines is 2. The molecule has 2 aromatic rings. The highest BCUT2D eigenvalue weighted by atomic mass is 79.9. The highest BCUT2D eigenvalue weighted by Crippen LogP contribution is 2.33. The van der Waals surface area contributed by atoms with Gasteiger partial charge in [0.25, 0.3) is 10.0 Å². The second kappa shape index (κ2) is 14.7. The number of sulfonamides is 1. The molecule has 224 valence electrons. The highest BCUT2D eigenvalue weighted by Gasteiger charge is 2.33. The Labute approximate surface area is 246 Å². The summed E-state index contributed by atoms with van der Waals surface area (Å²) in [4.78, 5) is 17.5. The van der Waals surface area contributed by atoms with Gasteiger partial charge in [0.1, 0.15) is 10.6 Å². The lowest BCUT2D eigenvalue weighted by molar-refractivity contribution is -0.111. The number of alkyl halides is 3. The number of hydrogen-bond acceptors (Lipinski definition) is 6. The number of likely N-dealkylation sites (tertiary alicyclic amines) is 1. The summed E-state index contributed by atoms with van der Waals surface area (Å²) in [6.45, 7) is 3.43. The van der Waals surface area contributed by atoms with Crippen LogP contribution < -0.4 is 20.1 Å². The van der Waals surface area contributed by atoms with Gasteiger partial charge in [-0.15, -0.1) is 0 Å². The number of amides is 1. The van der Waals surface area contributed by atoms with Crippen LogP contribution in [0.1, 0.15) is 32.1 Å². The van der Waals surface area contributed by atoms with E-state index in [2.05, 4.69) is 31.1 Å². The van der Waals surface area contributed by atoms with Gasteiger partial charge in [-0.05, 0) is 87.8 Å². The fraction of sp³-hybridized carbons (Fsp3) is 0.407. The normalized spacial score (nSPS) is 14.9. The van der Waals surface area contributed by atoms with E-state index in [1.807, 2.05) is 0 Å². The number of nitrogens with two attached hydrogens (primary N) is 1. The van der Waals surface area contributed by atoms with E-state index in [1.54, 1.807) is 24.3 Å². The first-order chi connectivity index (χ1) is 19.4. The number of nitrogens with zero attached hydrogens (tertiary/aromatic N) is 3. The maximum absolute atomic E-state index is 14.0. The lowest BCUT2D eigenvalue weighted by Crippen LogP contribution is -2.32. The molecule has 1 aliphatic heterocycles. The van der Waals surface area contributed by atoms with Crippen molar-refractivity contribution in [1.82, 2.24) is 4.90 Å². The van der Waals surface area contributed by atoms with Crippen molar-refractivity contribution < 1.29 is 31.1 Å². The molecule has 1 aliphatic rings. The average molecular weight is 661 g/mol. The number of rotatable bonds is 13. The quantitative estimate of drug-likeness (QED) is 0.131. The lowest BCUT2D eigenvalue weighted by atomic mass is 10.2. The first-order valence-electron chi connectivity index (χ1n) is 13.0. The van der Waals surface area contributed by atoms with E-state index >= 15 is 0 Å². The van der Waals surface area contributed by atoms with Gasteiger partial charge in [0.2, 0.25) is 11.7 Å². The van der Waals surface area contributed by atoms with E-state index in [9.17, 15) is 26.4 Å². The van der Waals surface area contributed by atoms with Crippen LogP contribution >= 0.6 is 15.9 Å². The molecule has 0 unspecified atom stereocenters. The average Bonchev–Trinajstić information content (AvgIpc) is 3.44. The Morgan fingerprint density at radius 3 is 2.46 bits per heavy atom. The van der Waals surface area contributed by atoms with E-state index in [4.69, 9.17) is 10.5 Å². The number of benzene rings is 2. The first kappa shape index (κ1) is 32.4. The number of aliphatic imine (C=N–C) groups is 1. The van der Waals surface area contributed by atoms with Crippen molar-refractivity contribution >= 4 is 49.1 Å². The Hall–Kier alpha value is -3.10. The van der Waals surface area contributed by atoms with Crippen LogP contribution in [0.4, 0.5) is 24.5 Å². The predicted octanol–water partition coefficient (Wildman–Crippen LogP) is 5.29. The summed E-state index contributed by atoms with van der Waals surface area (Å²) >= 11 is 3.38. The Morgan fingerprint density at radius 1 is 1.15 bits per heavy atom. The summed E-state index contributed by atoms with van der Waals surface area (Å²) in [6.07, 6.45) is 1.40. The van der Waals surface area contributed by atoms with E-state index in [0.717, 1.165) is 43.0 Å². The van der Waals surface area contributed by atoms with Crippen LogP contribution in [0.2, 0.25) is 0 Å². The number of nitrogens with one attached hydrogen (secondary N) is 1. The summed E-state index contributed by atoms with van der Waals surface area (Å²) < 4.78 is 72.9. The zero-order valence-electron chi connectivity index (χ0n) is 22.5. The van der Waals surface area contributed by atoms with E-state index in [0.29, 0.717) is 18.3 Å². The van der Waals surface area contributed by atoms with Gasteiger partial charge in [0.05, 0.1) is 12.8 Å². The third-order valence-corrected chi connectivity index (χ3v) is 8.76. The van der Waals surface area contributed by atoms with Crippen LogP contribution in [0.15, 0.2) is 69.1 Å². The van der Waals surface area contributed by atoms with E-state index in [-0.39, 0.29) is 22.9 Å². The predicted molar refractivity (Wildman–Crippen MR) is 157 cm³/mol. The minimum absolute atomic E-state index is 0.0669. The molecular formula is C27H33BrF3N5O4S. The van der Waals surface area contributed by atoms with Crippen molar-refractivity contribution in [1.29, 1.82) is 0 Å². The van der Waals surface area contributed by atoms with Gasteiger partial charge in [-0.3, -0.25) is 9.10 Å². The van der Waals surface area contributed by atoms with Gasteiger partial charge in [-0.25, -0.2) is 13.4 Å². The molecule has 1 fully saturated rings. The molecule has 41 heavy (non-hydrogen) atoms. The molecule has 1 saturated heterocycles. The van der Waals surface area contributed by atoms with Gasteiger partial charge in [-0.2, -0.15) is 13.2 Å². The molecule has 0 saturated carbocycles. The van der Waals surface area contributed by atoms with Crippen molar-refractivity contribution in [2.24, 2.45) is 10.7 Å². The third kappa shape index (κ3) is 9.47. The summed E-state index contributed by atoms with van der Waals surface area (Å²) in [7, 11) is -2.83. The van der Waals surface area contributed by atoms with Crippen LogP contribution in [-0.4, -0.2) is 64.5 Å². The largest absolute Gasteiger partial charge is 0.495 e. The second-order valence-corrected chi connectivity index (χ2v) is 12.1. The van der Waals surface area contributed by atoms with Gasteiger partial charge in [-0.1, -0.05) is 22.4 Å². The molecule has 0 spiro atoms. The second-order valence-electron chi connectivity index (χ2n) is 9.35. The fourth-order valence-corrected chi connectivity index (χ4v) is 6.24. The number of carbonyl (C=O) groups excluding carboxylic acids is 1. The van der Waals surface area contributed by atoms with Crippen LogP contribution in [0, 0.1) is 0 Å². The van der Waals surface area contributed by atoms with Gasteiger partial charge in [0, 0.05) is 29.0 Å². The molecule has 14 heteroatoms. The third-order valence-electron chi connectivity index (χ3n) is 6.38. The highest BCUT2D eigenvalue weighted by molar-refractivity contribution is 9.10. The molecule has 3 rings (SSSR count). The number of methoxy groups -OCH3 is 1. The minimum atomic E-state index is -4.82. The Balaban J connectivity index is 1.81. The molecule has 3 N–H and O–H groups in total. The van der Waals surface area contributed by atoms with E-state index < -0.39 is 27.9 Å². The van der Waals surface area contributed by atoms with Gasteiger partial charge >= 0.3 is 6.18 Å². The zero-order chi connectivity index (χ0) is 30.0. The molecule has 0 atom stereocenters. The molecule has 0 aromatic heterocycles. The smallest absolute Gasteiger partial charge is 0.448 e. The zero-order valence-corrected chi connectivity index (χ0v) is 24.9. The lowest BCUT2D eigenvalue weighted by Gasteiger charge is -2.26. The molecule has 0 bridgehead atoms. The maximum Gasteiger partial charge on any atom is 0.448 e. The number of halogens is 4. The molecule has 2 aromatic carbocycles. The number of carbonyl (C=O) groups is 1. The molecular weight excluding hydrogens is 627 g/mol. The number of amidine groups is 1. The fourth-order valence-electron chi connectivity index (χ4n) is 4.29. The van der Waals surface area contributed by atoms with Crippen LogP contribution in [0.3, 0.4) is 0 Å². The van der Waals surface area contributed by atoms with Gasteiger partial charge in [0.15, 0.2) is 0 Å². The summed E-state index contributed by atoms with van der Waals surface area (Å²) in [6, 6.07) is 10.9. The molecule has 1 amide bonds. The Kier molecular flexibility index (Phi) is 11.6. The maximum atomic E-state index is 14.0. The van der Waals surface area contributed by atoms with Crippen molar-refractivity contribution in [2.45, 2.75) is 43.2 Å².